The number of aryl methyl sites for hydroxylation is 1. The molecule has 2 saturated carbocycles. The summed E-state index contributed by atoms with van der Waals surface area (Å²) < 4.78 is 0. The number of rotatable bonds is 7. The van der Waals surface area contributed by atoms with Gasteiger partial charge in [0.1, 0.15) is 5.82 Å². The third-order valence-corrected chi connectivity index (χ3v) is 3.88. The third kappa shape index (κ3) is 3.25. The number of aliphatic hydroxyl groups excluding tert-OH is 1. The van der Waals surface area contributed by atoms with E-state index in [9.17, 15) is 5.11 Å². The van der Waals surface area contributed by atoms with Crippen LogP contribution in [-0.2, 0) is 6.54 Å². The molecule has 0 spiro atoms. The summed E-state index contributed by atoms with van der Waals surface area (Å²) in [6.07, 6.45) is 7.07. The highest BCUT2D eigenvalue weighted by molar-refractivity contribution is 5.49. The molecule has 0 bridgehead atoms. The second kappa shape index (κ2) is 5.47. The lowest BCUT2D eigenvalue weighted by atomic mass is 10.2. The molecule has 0 amide bonds. The van der Waals surface area contributed by atoms with Crippen molar-refractivity contribution in [3.8, 4) is 0 Å². The van der Waals surface area contributed by atoms with E-state index in [0.717, 1.165) is 18.4 Å². The van der Waals surface area contributed by atoms with Crippen LogP contribution in [0, 0.1) is 6.92 Å². The number of nitrogens with one attached hydrogen (secondary N) is 1. The van der Waals surface area contributed by atoms with Gasteiger partial charge in [-0.3, -0.25) is 0 Å². The van der Waals surface area contributed by atoms with Gasteiger partial charge in [0.15, 0.2) is 0 Å². The zero-order valence-electron chi connectivity index (χ0n) is 11.6. The minimum atomic E-state index is 0.197. The Kier molecular flexibility index (Phi) is 3.71. The van der Waals surface area contributed by atoms with Crippen LogP contribution in [0.4, 0.5) is 5.82 Å². The van der Waals surface area contributed by atoms with Gasteiger partial charge in [0.25, 0.3) is 0 Å². The van der Waals surface area contributed by atoms with Crippen molar-refractivity contribution in [2.75, 3.05) is 18.1 Å². The summed E-state index contributed by atoms with van der Waals surface area (Å²) >= 11 is 0. The summed E-state index contributed by atoms with van der Waals surface area (Å²) in [5.41, 5.74) is 2.48. The van der Waals surface area contributed by atoms with Crippen LogP contribution in [0.1, 0.15) is 36.8 Å². The quantitative estimate of drug-likeness (QED) is 0.783. The molecule has 104 valence electrons. The number of anilines is 1. The first-order chi connectivity index (χ1) is 9.28. The maximum atomic E-state index is 9.19. The lowest BCUT2D eigenvalue weighted by Crippen LogP contribution is -2.30. The van der Waals surface area contributed by atoms with Crippen LogP contribution in [0.5, 0.6) is 0 Å². The van der Waals surface area contributed by atoms with Crippen molar-refractivity contribution in [1.29, 1.82) is 0 Å². The Bertz CT molecular complexity index is 441. The van der Waals surface area contributed by atoms with Crippen LogP contribution in [-0.4, -0.2) is 35.3 Å². The smallest absolute Gasteiger partial charge is 0.131 e. The molecule has 0 unspecified atom stereocenters. The predicted octanol–water partition coefficient (Wildman–Crippen LogP) is 1.60. The third-order valence-electron chi connectivity index (χ3n) is 3.88. The highest BCUT2D eigenvalue weighted by Gasteiger charge is 2.30. The van der Waals surface area contributed by atoms with Crippen molar-refractivity contribution in [1.82, 2.24) is 10.3 Å². The molecular weight excluding hydrogens is 238 g/mol. The summed E-state index contributed by atoms with van der Waals surface area (Å²) in [6.45, 7) is 3.93. The molecule has 0 radical (unpaired) electrons. The van der Waals surface area contributed by atoms with Crippen LogP contribution in [0.2, 0.25) is 0 Å². The minimum absolute atomic E-state index is 0.197. The van der Waals surface area contributed by atoms with Crippen molar-refractivity contribution >= 4 is 5.82 Å². The fraction of sp³-hybridized carbons (Fsp3) is 0.667. The van der Waals surface area contributed by atoms with Crippen molar-refractivity contribution in [2.24, 2.45) is 0 Å². The van der Waals surface area contributed by atoms with Crippen LogP contribution in [0.3, 0.4) is 0 Å². The van der Waals surface area contributed by atoms with Crippen LogP contribution < -0.4 is 10.2 Å². The first kappa shape index (κ1) is 12.9. The summed E-state index contributed by atoms with van der Waals surface area (Å²) in [7, 11) is 0. The zero-order chi connectivity index (χ0) is 13.2. The van der Waals surface area contributed by atoms with Crippen molar-refractivity contribution in [3.05, 3.63) is 23.4 Å². The van der Waals surface area contributed by atoms with Crippen molar-refractivity contribution in [2.45, 2.75) is 51.2 Å². The molecule has 2 aliphatic carbocycles. The van der Waals surface area contributed by atoms with Gasteiger partial charge in [-0.05, 0) is 49.8 Å². The van der Waals surface area contributed by atoms with Crippen molar-refractivity contribution in [3.63, 3.8) is 0 Å². The van der Waals surface area contributed by atoms with E-state index in [0.29, 0.717) is 12.6 Å². The van der Waals surface area contributed by atoms with Gasteiger partial charge in [-0.1, -0.05) is 0 Å². The molecule has 1 aromatic heterocycles. The summed E-state index contributed by atoms with van der Waals surface area (Å²) in [5.74, 6) is 1.05. The van der Waals surface area contributed by atoms with E-state index in [1.54, 1.807) is 0 Å². The molecule has 2 fully saturated rings. The summed E-state index contributed by atoms with van der Waals surface area (Å²) in [4.78, 5) is 6.89. The number of aliphatic hydroxyl groups is 1. The van der Waals surface area contributed by atoms with Gasteiger partial charge < -0.3 is 15.3 Å². The summed E-state index contributed by atoms with van der Waals surface area (Å²) in [5, 5.41) is 12.7. The lowest BCUT2D eigenvalue weighted by Gasteiger charge is -2.24. The van der Waals surface area contributed by atoms with Crippen LogP contribution >= 0.6 is 0 Å². The molecule has 0 saturated heterocycles. The standard InChI is InChI=1S/C15H23N3O/c1-11-8-12(9-16-13-2-3-13)10-17-15(11)18(6-7-19)14-4-5-14/h8,10,13-14,16,19H,2-7,9H2,1H3. The molecule has 4 nitrogen and oxygen atoms in total. The predicted molar refractivity (Wildman–Crippen MR) is 76.3 cm³/mol. The first-order valence-electron chi connectivity index (χ1n) is 7.34. The lowest BCUT2D eigenvalue weighted by molar-refractivity contribution is 0.301. The Balaban J connectivity index is 1.69. The Morgan fingerprint density at radius 3 is 2.74 bits per heavy atom. The first-order valence-corrected chi connectivity index (χ1v) is 7.34. The molecule has 3 rings (SSSR count). The molecule has 2 aliphatic rings. The van der Waals surface area contributed by atoms with E-state index in [1.165, 1.54) is 36.8 Å². The van der Waals surface area contributed by atoms with E-state index in [2.05, 4.69) is 28.2 Å². The van der Waals surface area contributed by atoms with E-state index in [4.69, 9.17) is 0 Å². The van der Waals surface area contributed by atoms with Gasteiger partial charge in [-0.25, -0.2) is 4.98 Å². The van der Waals surface area contributed by atoms with Gasteiger partial charge >= 0.3 is 0 Å². The van der Waals surface area contributed by atoms with E-state index >= 15 is 0 Å². The maximum Gasteiger partial charge on any atom is 0.131 e. The average molecular weight is 261 g/mol. The van der Waals surface area contributed by atoms with Gasteiger partial charge in [0.05, 0.1) is 6.61 Å². The molecule has 1 aromatic rings. The highest BCUT2D eigenvalue weighted by Crippen LogP contribution is 2.32. The fourth-order valence-electron chi connectivity index (χ4n) is 2.53. The molecule has 4 heteroatoms. The second-order valence-corrected chi connectivity index (χ2v) is 5.79. The number of nitrogens with zero attached hydrogens (tertiary/aromatic N) is 2. The highest BCUT2D eigenvalue weighted by atomic mass is 16.3. The Labute approximate surface area is 114 Å². The van der Waals surface area contributed by atoms with Gasteiger partial charge in [0.2, 0.25) is 0 Å². The Morgan fingerprint density at radius 2 is 2.16 bits per heavy atom. The normalized spacial score (nSPS) is 18.6. The molecule has 2 N–H and O–H groups in total. The Morgan fingerprint density at radius 1 is 1.37 bits per heavy atom. The SMILES string of the molecule is Cc1cc(CNC2CC2)cnc1N(CCO)C1CC1. The molecule has 0 atom stereocenters. The van der Waals surface area contributed by atoms with E-state index in [-0.39, 0.29) is 6.61 Å². The largest absolute Gasteiger partial charge is 0.395 e. The molecule has 0 aliphatic heterocycles. The fourth-order valence-corrected chi connectivity index (χ4v) is 2.53. The topological polar surface area (TPSA) is 48.4 Å². The van der Waals surface area contributed by atoms with Gasteiger partial charge in [-0.2, -0.15) is 0 Å². The number of pyridine rings is 1. The number of hydrogen-bond donors (Lipinski definition) is 2. The molecule has 0 aromatic carbocycles. The Hall–Kier alpha value is -1.13. The molecular formula is C15H23N3O. The van der Waals surface area contributed by atoms with Crippen LogP contribution in [0.25, 0.3) is 0 Å². The van der Waals surface area contributed by atoms with Gasteiger partial charge in [-0.15, -0.1) is 0 Å². The second-order valence-electron chi connectivity index (χ2n) is 5.79. The maximum absolute atomic E-state index is 9.19. The minimum Gasteiger partial charge on any atom is -0.395 e. The zero-order valence-corrected chi connectivity index (χ0v) is 11.6. The molecule has 1 heterocycles. The van der Waals surface area contributed by atoms with E-state index in [1.807, 2.05) is 6.20 Å². The number of hydrogen-bond acceptors (Lipinski definition) is 4. The summed E-state index contributed by atoms with van der Waals surface area (Å²) in [6, 6.07) is 3.55. The van der Waals surface area contributed by atoms with Gasteiger partial charge in [0, 0.05) is 31.4 Å². The average Bonchev–Trinajstić information content (AvgIpc) is 3.28. The monoisotopic (exact) mass is 261 g/mol. The van der Waals surface area contributed by atoms with E-state index < -0.39 is 0 Å². The number of aromatic nitrogens is 1. The van der Waals surface area contributed by atoms with Crippen LogP contribution in [0.15, 0.2) is 12.3 Å². The molecule has 19 heavy (non-hydrogen) atoms. The van der Waals surface area contributed by atoms with Crippen molar-refractivity contribution < 1.29 is 5.11 Å².